The third-order valence-electron chi connectivity index (χ3n) is 5.47. The van der Waals surface area contributed by atoms with Crippen molar-refractivity contribution in [2.24, 2.45) is 0 Å². The molecule has 0 radical (unpaired) electrons. The highest BCUT2D eigenvalue weighted by Gasteiger charge is 2.54. The van der Waals surface area contributed by atoms with Gasteiger partial charge in [-0.2, -0.15) is 0 Å². The van der Waals surface area contributed by atoms with Crippen LogP contribution in [0.3, 0.4) is 0 Å². The zero-order valence-corrected chi connectivity index (χ0v) is 17.2. The number of anilines is 1. The Morgan fingerprint density at radius 3 is 2.26 bits per heavy atom. The van der Waals surface area contributed by atoms with E-state index in [4.69, 9.17) is 4.74 Å². The van der Waals surface area contributed by atoms with Crippen LogP contribution in [0.15, 0.2) is 91.0 Å². The summed E-state index contributed by atoms with van der Waals surface area (Å²) in [7, 11) is 0. The molecule has 31 heavy (non-hydrogen) atoms. The highest BCUT2D eigenvalue weighted by Crippen LogP contribution is 2.45. The van der Waals surface area contributed by atoms with Gasteiger partial charge in [0.05, 0.1) is 17.8 Å². The number of carbonyl (C=O) groups excluding carboxylic acids is 2. The first-order valence-electron chi connectivity index (χ1n) is 10.0. The van der Waals surface area contributed by atoms with Crippen LogP contribution in [0.2, 0.25) is 0 Å². The van der Waals surface area contributed by atoms with E-state index in [2.05, 4.69) is 6.58 Å². The van der Waals surface area contributed by atoms with Crippen LogP contribution in [-0.2, 0) is 33.1 Å². The number of aliphatic hydroxyl groups is 1. The molecule has 1 N–H and O–H groups in total. The molecular weight excluding hydrogens is 390 g/mol. The summed E-state index contributed by atoms with van der Waals surface area (Å²) in [5.41, 5.74) is 0.991. The van der Waals surface area contributed by atoms with Crippen molar-refractivity contribution in [2.45, 2.75) is 25.7 Å². The highest BCUT2D eigenvalue weighted by atomic mass is 16.5. The van der Waals surface area contributed by atoms with E-state index in [9.17, 15) is 14.7 Å². The monoisotopic (exact) mass is 413 g/mol. The molecule has 156 valence electrons. The first-order valence-corrected chi connectivity index (χ1v) is 10.0. The third-order valence-corrected chi connectivity index (χ3v) is 5.47. The number of rotatable bonds is 6. The molecule has 1 aliphatic heterocycles. The van der Waals surface area contributed by atoms with E-state index in [1.165, 1.54) is 4.90 Å². The van der Waals surface area contributed by atoms with Gasteiger partial charge in [0.15, 0.2) is 0 Å². The molecule has 1 atom stereocenters. The molecular formula is C26H23NO4. The Hall–Kier alpha value is -3.70. The smallest absolute Gasteiger partial charge is 0.337 e. The van der Waals surface area contributed by atoms with Gasteiger partial charge in [0.2, 0.25) is 5.60 Å². The fourth-order valence-corrected chi connectivity index (χ4v) is 3.77. The van der Waals surface area contributed by atoms with Crippen molar-refractivity contribution >= 4 is 17.6 Å². The van der Waals surface area contributed by atoms with Gasteiger partial charge in [-0.25, -0.2) is 4.79 Å². The minimum atomic E-state index is -2.18. The van der Waals surface area contributed by atoms with Crippen molar-refractivity contribution < 1.29 is 19.4 Å². The fraction of sp³-hybridized carbons (Fsp3) is 0.154. The van der Waals surface area contributed by atoms with E-state index >= 15 is 0 Å². The summed E-state index contributed by atoms with van der Waals surface area (Å²) in [5.74, 6) is -1.42. The molecule has 1 amide bonds. The van der Waals surface area contributed by atoms with Gasteiger partial charge in [0.1, 0.15) is 6.61 Å². The van der Waals surface area contributed by atoms with E-state index in [1.54, 1.807) is 12.1 Å². The lowest BCUT2D eigenvalue weighted by molar-refractivity contribution is -0.147. The maximum absolute atomic E-state index is 13.4. The average molecular weight is 413 g/mol. The second-order valence-electron chi connectivity index (χ2n) is 7.65. The summed E-state index contributed by atoms with van der Waals surface area (Å²) in [5, 5.41) is 11.5. The second kappa shape index (κ2) is 8.20. The molecule has 0 spiro atoms. The summed E-state index contributed by atoms with van der Waals surface area (Å²) >= 11 is 0. The average Bonchev–Trinajstić information content (AvgIpc) is 3.00. The summed E-state index contributed by atoms with van der Waals surface area (Å²) in [6, 6.07) is 24.0. The normalized spacial score (nSPS) is 17.4. The fourth-order valence-electron chi connectivity index (χ4n) is 3.77. The molecule has 0 fully saturated rings. The second-order valence-corrected chi connectivity index (χ2v) is 7.65. The van der Waals surface area contributed by atoms with Crippen LogP contribution in [0, 0.1) is 6.92 Å². The summed E-state index contributed by atoms with van der Waals surface area (Å²) in [4.78, 5) is 27.7. The third kappa shape index (κ3) is 3.76. The van der Waals surface area contributed by atoms with E-state index in [0.717, 1.165) is 16.7 Å². The number of benzene rings is 3. The Labute approximate surface area is 181 Å². The Morgan fingerprint density at radius 1 is 1.00 bits per heavy atom. The number of nitrogens with zero attached hydrogens (tertiary/aromatic N) is 1. The van der Waals surface area contributed by atoms with E-state index in [0.29, 0.717) is 11.3 Å². The zero-order chi connectivity index (χ0) is 22.0. The van der Waals surface area contributed by atoms with Gasteiger partial charge in [-0.1, -0.05) is 84.9 Å². The van der Waals surface area contributed by atoms with Crippen molar-refractivity contribution in [3.05, 3.63) is 113 Å². The summed E-state index contributed by atoms with van der Waals surface area (Å²) < 4.78 is 5.35. The van der Waals surface area contributed by atoms with Crippen molar-refractivity contribution in [1.29, 1.82) is 0 Å². The van der Waals surface area contributed by atoms with Crippen LogP contribution in [0.1, 0.15) is 22.3 Å². The van der Waals surface area contributed by atoms with E-state index < -0.39 is 17.5 Å². The van der Waals surface area contributed by atoms with Crippen molar-refractivity contribution in [1.82, 2.24) is 0 Å². The molecule has 0 unspecified atom stereocenters. The van der Waals surface area contributed by atoms with E-state index in [-0.39, 0.29) is 18.7 Å². The molecule has 0 aliphatic carbocycles. The van der Waals surface area contributed by atoms with Crippen molar-refractivity contribution in [2.75, 3.05) is 4.90 Å². The Balaban J connectivity index is 1.64. The lowest BCUT2D eigenvalue weighted by Gasteiger charge is -2.24. The van der Waals surface area contributed by atoms with Crippen LogP contribution in [0.25, 0.3) is 0 Å². The maximum atomic E-state index is 13.4. The lowest BCUT2D eigenvalue weighted by atomic mass is 9.87. The summed E-state index contributed by atoms with van der Waals surface area (Å²) in [6.45, 7) is 5.93. The quantitative estimate of drug-likeness (QED) is 0.489. The standard InChI is InChI=1S/C26H23NO4/c1-18-13-14-23-22(15-18)26(30,25(29)27(23)16-20-9-5-3-6-10-20)19(2)24(28)31-17-21-11-7-4-8-12-21/h3-15,30H,2,16-17H2,1H3/t26-/m0/s1. The minimum absolute atomic E-state index is 0.0252. The van der Waals surface area contributed by atoms with Crippen molar-refractivity contribution in [3.8, 4) is 0 Å². The zero-order valence-electron chi connectivity index (χ0n) is 17.2. The number of fused-ring (bicyclic) bond motifs is 1. The molecule has 0 bridgehead atoms. The topological polar surface area (TPSA) is 66.8 Å². The van der Waals surface area contributed by atoms with Gasteiger partial charge in [0.25, 0.3) is 5.91 Å². The molecule has 1 heterocycles. The summed E-state index contributed by atoms with van der Waals surface area (Å²) in [6.07, 6.45) is 0. The van der Waals surface area contributed by atoms with Gasteiger partial charge in [-0.15, -0.1) is 0 Å². The molecule has 1 aliphatic rings. The molecule has 4 rings (SSSR count). The Morgan fingerprint density at radius 2 is 1.61 bits per heavy atom. The number of esters is 1. The number of hydrogen-bond acceptors (Lipinski definition) is 4. The molecule has 0 saturated carbocycles. The SMILES string of the molecule is C=C(C(=O)OCc1ccccc1)[C@@]1(O)C(=O)N(Cc2ccccc2)c2ccc(C)cc21. The first kappa shape index (κ1) is 20.6. The number of aryl methyl sites for hydroxylation is 1. The predicted octanol–water partition coefficient (Wildman–Crippen LogP) is 4.03. The molecule has 3 aromatic carbocycles. The molecule has 5 heteroatoms. The van der Waals surface area contributed by atoms with Crippen LogP contribution < -0.4 is 4.90 Å². The molecule has 3 aromatic rings. The predicted molar refractivity (Wildman–Crippen MR) is 118 cm³/mol. The largest absolute Gasteiger partial charge is 0.457 e. The van der Waals surface area contributed by atoms with Gasteiger partial charge in [-0.05, 0) is 24.1 Å². The molecule has 0 saturated heterocycles. The maximum Gasteiger partial charge on any atom is 0.337 e. The Kier molecular flexibility index (Phi) is 5.44. The van der Waals surface area contributed by atoms with Gasteiger partial charge in [0, 0.05) is 5.56 Å². The number of ether oxygens (including phenoxy) is 1. The van der Waals surface area contributed by atoms with E-state index in [1.807, 2.05) is 73.7 Å². The first-order chi connectivity index (χ1) is 14.9. The minimum Gasteiger partial charge on any atom is -0.457 e. The number of amides is 1. The molecule has 5 nitrogen and oxygen atoms in total. The van der Waals surface area contributed by atoms with Crippen LogP contribution in [-0.4, -0.2) is 17.0 Å². The van der Waals surface area contributed by atoms with Gasteiger partial charge < -0.3 is 14.7 Å². The Bertz CT molecular complexity index is 1140. The van der Waals surface area contributed by atoms with Crippen LogP contribution in [0.4, 0.5) is 5.69 Å². The lowest BCUT2D eigenvalue weighted by Crippen LogP contribution is -2.43. The highest BCUT2D eigenvalue weighted by molar-refractivity contribution is 6.13. The molecule has 0 aromatic heterocycles. The number of hydrogen-bond donors (Lipinski definition) is 1. The van der Waals surface area contributed by atoms with Crippen molar-refractivity contribution in [3.63, 3.8) is 0 Å². The van der Waals surface area contributed by atoms with Crippen LogP contribution >= 0.6 is 0 Å². The van der Waals surface area contributed by atoms with Gasteiger partial charge in [-0.3, -0.25) is 4.79 Å². The number of carbonyl (C=O) groups is 2. The van der Waals surface area contributed by atoms with Gasteiger partial charge >= 0.3 is 5.97 Å². The van der Waals surface area contributed by atoms with Crippen LogP contribution in [0.5, 0.6) is 0 Å².